The van der Waals surface area contributed by atoms with E-state index in [1.807, 2.05) is 48.5 Å². The Bertz CT molecular complexity index is 1610. The topological polar surface area (TPSA) is 107 Å². The van der Waals surface area contributed by atoms with Gasteiger partial charge in [-0.1, -0.05) is 48.5 Å². The van der Waals surface area contributed by atoms with Gasteiger partial charge in [0, 0.05) is 21.8 Å². The average molecular weight is 938 g/mol. The summed E-state index contributed by atoms with van der Waals surface area (Å²) in [5, 5.41) is -5.07. The van der Waals surface area contributed by atoms with Gasteiger partial charge in [0.15, 0.2) is 11.9 Å². The molecule has 14 heteroatoms. The van der Waals surface area contributed by atoms with E-state index >= 15 is 0 Å². The number of esters is 2. The van der Waals surface area contributed by atoms with E-state index in [1.54, 1.807) is 12.1 Å². The zero-order valence-electron chi connectivity index (χ0n) is 21.1. The van der Waals surface area contributed by atoms with Crippen molar-refractivity contribution in [1.82, 2.24) is 0 Å². The highest BCUT2D eigenvalue weighted by atomic mass is 127. The lowest BCUT2D eigenvalue weighted by molar-refractivity contribution is -0.160. The van der Waals surface area contributed by atoms with Crippen molar-refractivity contribution in [1.29, 1.82) is 0 Å². The quantitative estimate of drug-likeness (QED) is 0.116. The summed E-state index contributed by atoms with van der Waals surface area (Å²) in [6, 6.07) is 18.4. The van der Waals surface area contributed by atoms with Gasteiger partial charge in [-0.2, -0.15) is 17.2 Å². The first-order chi connectivity index (χ1) is 19.7. The van der Waals surface area contributed by atoms with Gasteiger partial charge in [0.1, 0.15) is 0 Å². The highest BCUT2D eigenvalue weighted by Gasteiger charge is 2.57. The van der Waals surface area contributed by atoms with Crippen molar-refractivity contribution in [2.24, 2.45) is 11.8 Å². The van der Waals surface area contributed by atoms with Gasteiger partial charge in [-0.15, -0.1) is 0 Å². The van der Waals surface area contributed by atoms with Crippen LogP contribution in [-0.4, -0.2) is 42.9 Å². The molecule has 3 aromatic carbocycles. The van der Waals surface area contributed by atoms with Crippen molar-refractivity contribution in [2.45, 2.75) is 29.7 Å². The maximum Gasteiger partial charge on any atom is 0.400 e. The minimum atomic E-state index is -6.02. The van der Waals surface area contributed by atoms with Gasteiger partial charge in [0.05, 0.1) is 25.6 Å². The molecule has 1 N–H and O–H groups in total. The van der Waals surface area contributed by atoms with Gasteiger partial charge in [0.2, 0.25) is 0 Å². The van der Waals surface area contributed by atoms with E-state index in [4.69, 9.17) is 14.0 Å². The third-order valence-corrected chi connectivity index (χ3v) is 10.6. The maximum atomic E-state index is 14.1. The molecule has 3 atom stereocenters. The van der Waals surface area contributed by atoms with Gasteiger partial charge >= 0.3 is 27.3 Å². The molecule has 42 heavy (non-hydrogen) atoms. The Hall–Kier alpha value is -1.51. The van der Waals surface area contributed by atoms with Crippen LogP contribution in [0.2, 0.25) is 0 Å². The molecule has 7 nitrogen and oxygen atoms in total. The Morgan fingerprint density at radius 2 is 1.29 bits per heavy atom. The molecule has 0 aliphatic heterocycles. The van der Waals surface area contributed by atoms with Crippen LogP contribution in [0, 0.1) is 22.5 Å². The van der Waals surface area contributed by atoms with Crippen LogP contribution in [-0.2, 0) is 24.4 Å². The van der Waals surface area contributed by atoms with Crippen LogP contribution in [0.5, 0.6) is 5.75 Å². The number of halogens is 6. The molecular formula is C28H20F3I3O7S. The van der Waals surface area contributed by atoms with E-state index in [1.165, 1.54) is 0 Å². The predicted octanol–water partition coefficient (Wildman–Crippen LogP) is 6.68. The lowest BCUT2D eigenvalue weighted by Crippen LogP contribution is -2.49. The average Bonchev–Trinajstić information content (AvgIpc) is 2.93. The number of carbonyl (C=O) groups excluding carboxylic acids is 2. The Balaban J connectivity index is 1.51. The highest BCUT2D eigenvalue weighted by molar-refractivity contribution is 14.1. The minimum absolute atomic E-state index is 0.337. The standard InChI is InChI=1S/C28H20F3I3O7S/c29-20(28(30,31)42(37,38)39)9-10-40-26(35)23-21-14-5-1-3-7-16(14)22(17-8-4-2-6-15(17)21)24(23)27(36)41-25-18(33)11-13(32)12-19(25)34/h1-8,11-12,20-24H,9-10H2,(H,37,38,39). The number of carbonyl (C=O) groups is 2. The summed E-state index contributed by atoms with van der Waals surface area (Å²) in [5.74, 6) is -4.75. The number of hydrogen-bond acceptors (Lipinski definition) is 6. The second-order valence-corrected chi connectivity index (χ2v) is 14.9. The van der Waals surface area contributed by atoms with Crippen molar-refractivity contribution in [3.63, 3.8) is 0 Å². The van der Waals surface area contributed by atoms with Crippen molar-refractivity contribution >= 4 is 89.8 Å². The third kappa shape index (κ3) is 5.69. The van der Waals surface area contributed by atoms with Crippen LogP contribution in [0.3, 0.4) is 0 Å². The molecule has 0 spiro atoms. The Morgan fingerprint density at radius 1 is 0.857 bits per heavy atom. The smallest absolute Gasteiger partial charge is 0.400 e. The van der Waals surface area contributed by atoms with Crippen molar-refractivity contribution in [3.05, 3.63) is 93.6 Å². The first-order valence-electron chi connectivity index (χ1n) is 12.4. The number of benzene rings is 3. The Morgan fingerprint density at radius 3 is 1.71 bits per heavy atom. The predicted molar refractivity (Wildman–Crippen MR) is 171 cm³/mol. The van der Waals surface area contributed by atoms with E-state index < -0.39 is 70.2 Å². The molecule has 2 bridgehead atoms. The molecule has 0 saturated heterocycles. The molecule has 0 fully saturated rings. The van der Waals surface area contributed by atoms with Crippen LogP contribution in [0.4, 0.5) is 13.2 Å². The second-order valence-electron chi connectivity index (χ2n) is 9.84. The molecule has 0 saturated carbocycles. The lowest BCUT2D eigenvalue weighted by Gasteiger charge is -2.48. The highest BCUT2D eigenvalue weighted by Crippen LogP contribution is 2.59. The third-order valence-electron chi connectivity index (χ3n) is 7.47. The van der Waals surface area contributed by atoms with Crippen LogP contribution in [0.15, 0.2) is 60.7 Å². The lowest BCUT2D eigenvalue weighted by atomic mass is 9.54. The summed E-state index contributed by atoms with van der Waals surface area (Å²) >= 11 is 6.26. The molecule has 3 aliphatic rings. The molecular weight excluding hydrogens is 918 g/mol. The second kappa shape index (κ2) is 12.1. The molecule has 3 aliphatic carbocycles. The van der Waals surface area contributed by atoms with Crippen LogP contribution >= 0.6 is 67.8 Å². The van der Waals surface area contributed by atoms with Gasteiger partial charge in [-0.25, -0.2) is 4.39 Å². The van der Waals surface area contributed by atoms with E-state index in [0.717, 1.165) is 25.8 Å². The van der Waals surface area contributed by atoms with E-state index in [-0.39, 0.29) is 0 Å². The number of alkyl halides is 3. The van der Waals surface area contributed by atoms with E-state index in [9.17, 15) is 31.2 Å². The molecule has 6 rings (SSSR count). The Labute approximate surface area is 280 Å². The molecule has 3 aromatic rings. The summed E-state index contributed by atoms with van der Waals surface area (Å²) in [7, 11) is -6.02. The summed E-state index contributed by atoms with van der Waals surface area (Å²) in [5.41, 5.74) is 3.28. The SMILES string of the molecule is O=C(OCCC(F)C(F)(F)S(=O)(=O)O)C1C2c3ccccc3C(c3ccccc32)C1C(=O)Oc1c(I)cc(I)cc1I. The van der Waals surface area contributed by atoms with Crippen LogP contribution < -0.4 is 4.74 Å². The monoisotopic (exact) mass is 938 g/mol. The summed E-state index contributed by atoms with van der Waals surface area (Å²) < 4.78 is 85.5. The molecule has 0 aromatic heterocycles. The first kappa shape index (κ1) is 31.9. The van der Waals surface area contributed by atoms with Gasteiger partial charge < -0.3 is 9.47 Å². The van der Waals surface area contributed by atoms with Crippen LogP contribution in [0.1, 0.15) is 40.5 Å². The fourth-order valence-corrected chi connectivity index (χ4v) is 9.97. The Kier molecular flexibility index (Phi) is 9.20. The van der Waals surface area contributed by atoms with Crippen molar-refractivity contribution < 1.29 is 45.2 Å². The molecule has 0 heterocycles. The fourth-order valence-electron chi connectivity index (χ4n) is 5.73. The first-order valence-corrected chi connectivity index (χ1v) is 17.1. The molecule has 0 amide bonds. The molecule has 0 radical (unpaired) electrons. The van der Waals surface area contributed by atoms with Gasteiger partial charge in [-0.3, -0.25) is 14.1 Å². The number of fused-ring (bicyclic) bond motifs is 1. The number of hydrogen-bond donors (Lipinski definition) is 1. The number of rotatable bonds is 8. The van der Waals surface area contributed by atoms with E-state index in [2.05, 4.69) is 67.8 Å². The zero-order valence-corrected chi connectivity index (χ0v) is 28.4. The largest absolute Gasteiger partial charge is 0.465 e. The van der Waals surface area contributed by atoms with Crippen LogP contribution in [0.25, 0.3) is 0 Å². The summed E-state index contributed by atoms with van der Waals surface area (Å²) in [4.78, 5) is 27.7. The van der Waals surface area contributed by atoms with Gasteiger partial charge in [-0.05, 0) is 102 Å². The summed E-state index contributed by atoms with van der Waals surface area (Å²) in [6.45, 7) is -0.906. The summed E-state index contributed by atoms with van der Waals surface area (Å²) in [6.07, 6.45) is -4.52. The fraction of sp³-hybridized carbons (Fsp3) is 0.286. The zero-order chi connectivity index (χ0) is 30.6. The maximum absolute atomic E-state index is 14.1. The van der Waals surface area contributed by atoms with E-state index in [0.29, 0.717) is 12.9 Å². The molecule has 222 valence electrons. The van der Waals surface area contributed by atoms with Gasteiger partial charge in [0.25, 0.3) is 0 Å². The van der Waals surface area contributed by atoms with Crippen molar-refractivity contribution in [3.8, 4) is 5.75 Å². The molecule has 3 unspecified atom stereocenters. The number of ether oxygens (including phenoxy) is 2. The van der Waals surface area contributed by atoms with Crippen molar-refractivity contribution in [2.75, 3.05) is 6.61 Å². The normalized spacial score (nSPS) is 21.7. The minimum Gasteiger partial charge on any atom is -0.465 e.